The van der Waals surface area contributed by atoms with Gasteiger partial charge in [0.2, 0.25) is 0 Å². The van der Waals surface area contributed by atoms with Gasteiger partial charge in [0.15, 0.2) is 0 Å². The van der Waals surface area contributed by atoms with E-state index in [0.717, 1.165) is 25.3 Å². The Morgan fingerprint density at radius 3 is 2.54 bits per heavy atom. The summed E-state index contributed by atoms with van der Waals surface area (Å²) in [7, 11) is 2.13. The zero-order valence-electron chi connectivity index (χ0n) is 8.66. The lowest BCUT2D eigenvalue weighted by Gasteiger charge is -2.22. The summed E-state index contributed by atoms with van der Waals surface area (Å²) in [5, 5.41) is 9.13. The van der Waals surface area contributed by atoms with Gasteiger partial charge in [-0.25, -0.2) is 0 Å². The maximum atomic E-state index is 9.13. The largest absolute Gasteiger partial charge is 0.393 e. The van der Waals surface area contributed by atoms with E-state index in [1.165, 1.54) is 12.8 Å². The molecule has 1 saturated carbocycles. The highest BCUT2D eigenvalue weighted by molar-refractivity contribution is 7.80. The summed E-state index contributed by atoms with van der Waals surface area (Å²) in [6.45, 7) is 3.98. The Bertz CT molecular complexity index is 157. The summed E-state index contributed by atoms with van der Waals surface area (Å²) < 4.78 is 0. The zero-order valence-corrected chi connectivity index (χ0v) is 9.56. The number of nitrogens with zero attached hydrogens (tertiary/aromatic N) is 1. The van der Waals surface area contributed by atoms with Gasteiger partial charge in [0.05, 0.1) is 6.10 Å². The first kappa shape index (κ1) is 11.3. The van der Waals surface area contributed by atoms with Crippen LogP contribution in [0.4, 0.5) is 0 Å². The van der Waals surface area contributed by atoms with Crippen molar-refractivity contribution in [3.63, 3.8) is 0 Å². The lowest BCUT2D eigenvalue weighted by Crippen LogP contribution is -2.30. The molecule has 3 heteroatoms. The first-order chi connectivity index (χ1) is 6.08. The fraction of sp³-hybridized carbons (Fsp3) is 1.00. The molecule has 1 aliphatic carbocycles. The predicted octanol–water partition coefficient (Wildman–Crippen LogP) is 1.40. The van der Waals surface area contributed by atoms with Gasteiger partial charge in [0.1, 0.15) is 0 Å². The van der Waals surface area contributed by atoms with Gasteiger partial charge in [-0.3, -0.25) is 0 Å². The van der Waals surface area contributed by atoms with Crippen LogP contribution in [0.15, 0.2) is 0 Å². The molecule has 0 aliphatic heterocycles. The monoisotopic (exact) mass is 203 g/mol. The highest BCUT2D eigenvalue weighted by Gasteiger charge is 2.41. The maximum Gasteiger partial charge on any atom is 0.0524 e. The van der Waals surface area contributed by atoms with E-state index < -0.39 is 0 Å². The van der Waals surface area contributed by atoms with Crippen molar-refractivity contribution in [2.24, 2.45) is 5.41 Å². The Balaban J connectivity index is 2.14. The summed E-state index contributed by atoms with van der Waals surface area (Å²) in [5.74, 6) is 1.01. The van der Waals surface area contributed by atoms with Gasteiger partial charge in [0.25, 0.3) is 0 Å². The molecule has 0 bridgehead atoms. The Kier molecular flexibility index (Phi) is 4.07. The van der Waals surface area contributed by atoms with Gasteiger partial charge in [-0.2, -0.15) is 12.6 Å². The van der Waals surface area contributed by atoms with E-state index in [1.807, 2.05) is 6.92 Å². The van der Waals surface area contributed by atoms with Crippen LogP contribution in [0.5, 0.6) is 0 Å². The third kappa shape index (κ3) is 3.88. The van der Waals surface area contributed by atoms with Gasteiger partial charge < -0.3 is 10.0 Å². The Hall–Kier alpha value is 0.270. The van der Waals surface area contributed by atoms with E-state index in [9.17, 15) is 0 Å². The number of hydrogen-bond donors (Lipinski definition) is 2. The minimum absolute atomic E-state index is 0.173. The van der Waals surface area contributed by atoms with Crippen molar-refractivity contribution in [3.8, 4) is 0 Å². The van der Waals surface area contributed by atoms with Crippen LogP contribution in [-0.4, -0.2) is 42.0 Å². The van der Waals surface area contributed by atoms with Gasteiger partial charge in [-0.1, -0.05) is 0 Å². The lowest BCUT2D eigenvalue weighted by molar-refractivity contribution is 0.158. The molecule has 0 amide bonds. The molecule has 1 atom stereocenters. The second-order valence-electron chi connectivity index (χ2n) is 4.53. The molecule has 1 N–H and O–H groups in total. The smallest absolute Gasteiger partial charge is 0.0524 e. The number of hydrogen-bond acceptors (Lipinski definition) is 3. The van der Waals surface area contributed by atoms with E-state index in [2.05, 4.69) is 24.6 Å². The Morgan fingerprint density at radius 1 is 1.54 bits per heavy atom. The summed E-state index contributed by atoms with van der Waals surface area (Å²) in [4.78, 5) is 2.32. The second-order valence-corrected chi connectivity index (χ2v) is 4.85. The molecule has 0 radical (unpaired) electrons. The van der Waals surface area contributed by atoms with Gasteiger partial charge in [-0.15, -0.1) is 0 Å². The van der Waals surface area contributed by atoms with Crippen molar-refractivity contribution < 1.29 is 5.11 Å². The summed E-state index contributed by atoms with van der Waals surface area (Å²) in [5.41, 5.74) is 0.510. The van der Waals surface area contributed by atoms with Crippen molar-refractivity contribution in [2.75, 3.05) is 25.9 Å². The third-order valence-corrected chi connectivity index (χ3v) is 3.50. The number of aliphatic hydroxyl groups is 1. The van der Waals surface area contributed by atoms with Crippen LogP contribution in [0.2, 0.25) is 0 Å². The quantitative estimate of drug-likeness (QED) is 0.638. The van der Waals surface area contributed by atoms with E-state index in [0.29, 0.717) is 5.41 Å². The first-order valence-corrected chi connectivity index (χ1v) is 5.69. The number of thiol groups is 1. The lowest BCUT2D eigenvalue weighted by atomic mass is 10.1. The van der Waals surface area contributed by atoms with Crippen LogP contribution in [0.3, 0.4) is 0 Å². The maximum absolute atomic E-state index is 9.13. The van der Waals surface area contributed by atoms with E-state index in [1.54, 1.807) is 0 Å². The zero-order chi connectivity index (χ0) is 9.90. The minimum Gasteiger partial charge on any atom is -0.393 e. The minimum atomic E-state index is -0.173. The summed E-state index contributed by atoms with van der Waals surface area (Å²) >= 11 is 4.37. The molecule has 0 aromatic rings. The highest BCUT2D eigenvalue weighted by Crippen LogP contribution is 2.46. The van der Waals surface area contributed by atoms with Crippen LogP contribution >= 0.6 is 12.6 Å². The molecular weight excluding hydrogens is 182 g/mol. The first-order valence-electron chi connectivity index (χ1n) is 5.05. The molecule has 0 spiro atoms. The average Bonchev–Trinajstić information content (AvgIpc) is 2.82. The van der Waals surface area contributed by atoms with Crippen LogP contribution in [0.1, 0.15) is 26.2 Å². The standard InChI is InChI=1S/C10H21NOS/c1-9(12)3-6-11(2)7-10(8-13)4-5-10/h9,12-13H,3-8H2,1-2H3. The number of rotatable bonds is 6. The van der Waals surface area contributed by atoms with Crippen molar-refractivity contribution in [3.05, 3.63) is 0 Å². The molecule has 78 valence electrons. The molecule has 1 fully saturated rings. The molecule has 1 unspecified atom stereocenters. The SMILES string of the molecule is CC(O)CCN(C)CC1(CS)CC1. The van der Waals surface area contributed by atoms with Gasteiger partial charge >= 0.3 is 0 Å². The van der Waals surface area contributed by atoms with Gasteiger partial charge in [0, 0.05) is 13.1 Å². The predicted molar refractivity (Wildman–Crippen MR) is 59.3 cm³/mol. The summed E-state index contributed by atoms with van der Waals surface area (Å²) in [6.07, 6.45) is 3.36. The molecule has 0 aromatic carbocycles. The number of aliphatic hydroxyl groups excluding tert-OH is 1. The van der Waals surface area contributed by atoms with Crippen LogP contribution < -0.4 is 0 Å². The normalized spacial score (nSPS) is 21.9. The van der Waals surface area contributed by atoms with E-state index >= 15 is 0 Å². The van der Waals surface area contributed by atoms with Crippen LogP contribution in [0, 0.1) is 5.41 Å². The van der Waals surface area contributed by atoms with Crippen molar-refractivity contribution in [2.45, 2.75) is 32.3 Å². The molecule has 1 aliphatic rings. The van der Waals surface area contributed by atoms with Crippen molar-refractivity contribution in [1.29, 1.82) is 0 Å². The van der Waals surface area contributed by atoms with Crippen LogP contribution in [0.25, 0.3) is 0 Å². The molecule has 0 heterocycles. The van der Waals surface area contributed by atoms with E-state index in [4.69, 9.17) is 5.11 Å². The van der Waals surface area contributed by atoms with E-state index in [-0.39, 0.29) is 6.10 Å². The Labute approximate surface area is 86.7 Å². The molecule has 13 heavy (non-hydrogen) atoms. The molecule has 0 aromatic heterocycles. The molecule has 1 rings (SSSR count). The molecular formula is C10H21NOS. The topological polar surface area (TPSA) is 23.5 Å². The average molecular weight is 203 g/mol. The fourth-order valence-corrected chi connectivity index (χ4v) is 2.02. The van der Waals surface area contributed by atoms with Crippen molar-refractivity contribution >= 4 is 12.6 Å². The second kappa shape index (κ2) is 4.67. The van der Waals surface area contributed by atoms with Gasteiger partial charge in [-0.05, 0) is 44.4 Å². The van der Waals surface area contributed by atoms with Crippen molar-refractivity contribution in [1.82, 2.24) is 4.90 Å². The third-order valence-electron chi connectivity index (χ3n) is 2.83. The van der Waals surface area contributed by atoms with Crippen LogP contribution in [-0.2, 0) is 0 Å². The Morgan fingerprint density at radius 2 is 2.15 bits per heavy atom. The molecule has 0 saturated heterocycles. The summed E-state index contributed by atoms with van der Waals surface area (Å²) in [6, 6.07) is 0. The fourth-order valence-electron chi connectivity index (χ4n) is 1.60. The molecule has 2 nitrogen and oxygen atoms in total. The highest BCUT2D eigenvalue weighted by atomic mass is 32.1.